The lowest BCUT2D eigenvalue weighted by Crippen LogP contribution is -2.70. The van der Waals surface area contributed by atoms with Gasteiger partial charge in [-0.05, 0) is 12.0 Å². The maximum absolute atomic E-state index is 13.0. The van der Waals surface area contributed by atoms with Gasteiger partial charge in [0, 0.05) is 75.0 Å². The van der Waals surface area contributed by atoms with Crippen molar-refractivity contribution >= 4 is 11.7 Å². The van der Waals surface area contributed by atoms with Crippen molar-refractivity contribution in [1.82, 2.24) is 15.1 Å². The van der Waals surface area contributed by atoms with E-state index in [2.05, 4.69) is 45.4 Å². The zero-order valence-corrected chi connectivity index (χ0v) is 18.0. The second-order valence-electron chi connectivity index (χ2n) is 9.44. The topological polar surface area (TPSA) is 52.7 Å². The van der Waals surface area contributed by atoms with Crippen LogP contribution in [0.5, 0.6) is 0 Å². The number of hydrogen-bond donors (Lipinski definition) is 1. The summed E-state index contributed by atoms with van der Waals surface area (Å²) in [6.07, 6.45) is 1.41. The van der Waals surface area contributed by atoms with Crippen LogP contribution in [0.3, 0.4) is 0 Å². The molecule has 4 aliphatic rings. The minimum Gasteiger partial charge on any atom is -0.352 e. The Bertz CT molecular complexity index is 914. The number of nitrogens with zero attached hydrogens (tertiary/aromatic N) is 2. The van der Waals surface area contributed by atoms with Crippen molar-refractivity contribution in [3.05, 3.63) is 71.8 Å². The van der Waals surface area contributed by atoms with Crippen molar-refractivity contribution in [2.24, 2.45) is 5.92 Å². The van der Waals surface area contributed by atoms with Gasteiger partial charge in [0.15, 0.2) is 5.78 Å². The highest BCUT2D eigenvalue weighted by Crippen LogP contribution is 2.43. The summed E-state index contributed by atoms with van der Waals surface area (Å²) >= 11 is 0. The van der Waals surface area contributed by atoms with Crippen LogP contribution >= 0.6 is 0 Å². The maximum atomic E-state index is 13.0. The van der Waals surface area contributed by atoms with Crippen LogP contribution in [-0.4, -0.2) is 66.8 Å². The molecule has 5 nitrogen and oxygen atoms in total. The summed E-state index contributed by atoms with van der Waals surface area (Å²) in [5.41, 5.74) is 2.00. The molecule has 0 aromatic heterocycles. The predicted octanol–water partition coefficient (Wildman–Crippen LogP) is 2.72. The average molecular weight is 418 g/mol. The lowest BCUT2D eigenvalue weighted by molar-refractivity contribution is -0.124. The van der Waals surface area contributed by atoms with E-state index in [1.54, 1.807) is 0 Å². The minimum atomic E-state index is -0.0611. The molecule has 4 fully saturated rings. The fraction of sp³-hybridized carbons (Fsp3) is 0.462. The molecule has 4 bridgehead atoms. The van der Waals surface area contributed by atoms with Gasteiger partial charge in [-0.1, -0.05) is 60.7 Å². The Morgan fingerprint density at radius 1 is 0.871 bits per heavy atom. The summed E-state index contributed by atoms with van der Waals surface area (Å²) in [4.78, 5) is 30.5. The van der Waals surface area contributed by atoms with Crippen molar-refractivity contribution in [3.8, 4) is 0 Å². The highest BCUT2D eigenvalue weighted by atomic mass is 16.1. The molecule has 0 saturated carbocycles. The van der Waals surface area contributed by atoms with Crippen LogP contribution in [-0.2, 0) is 10.2 Å². The number of nitrogens with one attached hydrogen (secondary N) is 1. The third kappa shape index (κ3) is 4.04. The summed E-state index contributed by atoms with van der Waals surface area (Å²) < 4.78 is 0. The van der Waals surface area contributed by atoms with Gasteiger partial charge < -0.3 is 15.1 Å². The van der Waals surface area contributed by atoms with Gasteiger partial charge in [-0.25, -0.2) is 0 Å². The first-order chi connectivity index (χ1) is 15.1. The molecule has 6 rings (SSSR count). The third-order valence-corrected chi connectivity index (χ3v) is 7.36. The molecule has 31 heavy (non-hydrogen) atoms. The standard InChI is InChI=1S/C26H31N3O2/c30-23(20-8-3-1-4-9-20)12-7-13-24(31)27-25-21-16-28-14-15-29(17-21)19-26(25,18-28)22-10-5-2-6-11-22/h1-6,8-11,21,25H,7,12-19H2,(H,27,31)/t21?,25-,26?/m0/s1. The summed E-state index contributed by atoms with van der Waals surface area (Å²) in [5, 5.41) is 3.44. The molecule has 2 aromatic rings. The second-order valence-corrected chi connectivity index (χ2v) is 9.44. The van der Waals surface area contributed by atoms with Crippen molar-refractivity contribution in [3.63, 3.8) is 0 Å². The molecule has 4 saturated heterocycles. The normalized spacial score (nSPS) is 31.2. The van der Waals surface area contributed by atoms with E-state index in [-0.39, 0.29) is 23.1 Å². The third-order valence-electron chi connectivity index (χ3n) is 7.36. The molecular weight excluding hydrogens is 386 g/mol. The predicted molar refractivity (Wildman–Crippen MR) is 121 cm³/mol. The highest BCUT2D eigenvalue weighted by molar-refractivity contribution is 5.96. The van der Waals surface area contributed by atoms with Crippen LogP contribution in [0.1, 0.15) is 35.2 Å². The lowest BCUT2D eigenvalue weighted by Gasteiger charge is -2.55. The molecule has 162 valence electrons. The molecular formula is C26H31N3O2. The summed E-state index contributed by atoms with van der Waals surface area (Å²) in [7, 11) is 0. The second kappa shape index (κ2) is 8.56. The number of ketones is 1. The molecule has 1 amide bonds. The van der Waals surface area contributed by atoms with E-state index in [1.807, 2.05) is 30.3 Å². The lowest BCUT2D eigenvalue weighted by atomic mass is 9.64. The van der Waals surface area contributed by atoms with Gasteiger partial charge in [-0.3, -0.25) is 9.59 Å². The number of Topliss-reactive ketones (excluding diaryl/α,β-unsaturated/α-hetero) is 1. The Hall–Kier alpha value is -2.50. The quantitative estimate of drug-likeness (QED) is 0.704. The highest BCUT2D eigenvalue weighted by Gasteiger charge is 2.55. The Labute approximate surface area is 184 Å². The monoisotopic (exact) mass is 417 g/mol. The number of benzene rings is 2. The van der Waals surface area contributed by atoms with Crippen molar-refractivity contribution < 1.29 is 9.59 Å². The molecule has 5 heteroatoms. The van der Waals surface area contributed by atoms with E-state index in [0.717, 1.165) is 44.8 Å². The van der Waals surface area contributed by atoms with Gasteiger partial charge in [-0.2, -0.15) is 0 Å². The van der Waals surface area contributed by atoms with Gasteiger partial charge in [0.2, 0.25) is 5.91 Å². The Morgan fingerprint density at radius 3 is 2.13 bits per heavy atom. The smallest absolute Gasteiger partial charge is 0.220 e. The van der Waals surface area contributed by atoms with E-state index in [1.165, 1.54) is 5.56 Å². The van der Waals surface area contributed by atoms with Gasteiger partial charge in [-0.15, -0.1) is 0 Å². The Morgan fingerprint density at radius 2 is 1.48 bits per heavy atom. The van der Waals surface area contributed by atoms with Crippen LogP contribution < -0.4 is 5.32 Å². The number of fused-ring (bicyclic) bond motifs is 1. The average Bonchev–Trinajstić information content (AvgIpc) is 3.05. The number of rotatable bonds is 7. The molecule has 4 aliphatic heterocycles. The van der Waals surface area contributed by atoms with Crippen molar-refractivity contribution in [2.75, 3.05) is 39.3 Å². The minimum absolute atomic E-state index is 0.0611. The number of amides is 1. The van der Waals surface area contributed by atoms with Crippen LogP contribution in [0.4, 0.5) is 0 Å². The number of carbonyl (C=O) groups is 2. The first-order valence-electron chi connectivity index (χ1n) is 11.5. The van der Waals surface area contributed by atoms with Crippen molar-refractivity contribution in [1.29, 1.82) is 0 Å². The zero-order chi connectivity index (χ0) is 21.3. The van der Waals surface area contributed by atoms with Crippen molar-refractivity contribution in [2.45, 2.75) is 30.7 Å². The molecule has 1 N–H and O–H groups in total. The molecule has 0 spiro atoms. The fourth-order valence-corrected chi connectivity index (χ4v) is 5.99. The Balaban J connectivity index is 1.27. The molecule has 0 aliphatic carbocycles. The van der Waals surface area contributed by atoms with E-state index in [9.17, 15) is 9.59 Å². The van der Waals surface area contributed by atoms with Crippen LogP contribution in [0, 0.1) is 5.92 Å². The van der Waals surface area contributed by atoms with Gasteiger partial charge >= 0.3 is 0 Å². The first kappa shape index (κ1) is 20.4. The van der Waals surface area contributed by atoms with Crippen LogP contribution in [0.25, 0.3) is 0 Å². The Kier molecular flexibility index (Phi) is 5.63. The van der Waals surface area contributed by atoms with E-state index < -0.39 is 0 Å². The van der Waals surface area contributed by atoms with Gasteiger partial charge in [0.25, 0.3) is 0 Å². The molecule has 4 heterocycles. The number of carbonyl (C=O) groups excluding carboxylic acids is 2. The number of hydrogen-bond acceptors (Lipinski definition) is 4. The van der Waals surface area contributed by atoms with E-state index in [4.69, 9.17) is 0 Å². The summed E-state index contributed by atoms with van der Waals surface area (Å²) in [6.45, 7) is 6.36. The molecule has 0 radical (unpaired) electrons. The zero-order valence-electron chi connectivity index (χ0n) is 18.0. The van der Waals surface area contributed by atoms with Crippen LogP contribution in [0.2, 0.25) is 0 Å². The SMILES string of the molecule is O=C(CCCC(=O)c1ccccc1)N[C@H]1C2CN3CCN(C2)CC1(c1ccccc1)C3. The summed E-state index contributed by atoms with van der Waals surface area (Å²) in [5.74, 6) is 0.637. The van der Waals surface area contributed by atoms with Crippen LogP contribution in [0.15, 0.2) is 60.7 Å². The molecule has 2 aromatic carbocycles. The van der Waals surface area contributed by atoms with Gasteiger partial charge in [0.1, 0.15) is 0 Å². The first-order valence-corrected chi connectivity index (χ1v) is 11.5. The number of piperidine rings is 2. The maximum Gasteiger partial charge on any atom is 0.220 e. The summed E-state index contributed by atoms with van der Waals surface area (Å²) in [6, 6.07) is 20.3. The largest absolute Gasteiger partial charge is 0.352 e. The molecule has 3 atom stereocenters. The van der Waals surface area contributed by atoms with E-state index in [0.29, 0.717) is 25.2 Å². The fourth-order valence-electron chi connectivity index (χ4n) is 5.99. The molecule has 2 unspecified atom stereocenters. The van der Waals surface area contributed by atoms with E-state index >= 15 is 0 Å². The van der Waals surface area contributed by atoms with Gasteiger partial charge in [0.05, 0.1) is 0 Å².